The number of thioether (sulfide) groups is 1. The summed E-state index contributed by atoms with van der Waals surface area (Å²) in [4.78, 5) is 15.8. The summed E-state index contributed by atoms with van der Waals surface area (Å²) in [6.07, 6.45) is 0. The summed E-state index contributed by atoms with van der Waals surface area (Å²) < 4.78 is 2.11. The number of aliphatic hydroxyl groups excluding tert-OH is 1. The Morgan fingerprint density at radius 2 is 2.04 bits per heavy atom. The van der Waals surface area contributed by atoms with Gasteiger partial charge in [-0.1, -0.05) is 44.2 Å². The summed E-state index contributed by atoms with van der Waals surface area (Å²) in [7, 11) is 0. The maximum absolute atomic E-state index is 11.0. The SMILES string of the molecule is CC(=O)NCCSc1nc(C(C)C)n(CCO)c1-c1ccccc1. The van der Waals surface area contributed by atoms with E-state index in [-0.39, 0.29) is 18.4 Å². The van der Waals surface area contributed by atoms with E-state index in [1.165, 1.54) is 6.92 Å². The van der Waals surface area contributed by atoms with Crippen molar-refractivity contribution in [2.24, 2.45) is 0 Å². The predicted octanol–water partition coefficient (Wildman–Crippen LogP) is 2.89. The highest BCUT2D eigenvalue weighted by Gasteiger charge is 2.20. The van der Waals surface area contributed by atoms with Gasteiger partial charge in [0, 0.05) is 37.2 Å². The average Bonchev–Trinajstić information content (AvgIpc) is 2.91. The zero-order valence-electron chi connectivity index (χ0n) is 14.5. The second-order valence-electron chi connectivity index (χ2n) is 5.85. The molecule has 0 bridgehead atoms. The molecule has 5 nitrogen and oxygen atoms in total. The molecule has 0 unspecified atom stereocenters. The quantitative estimate of drug-likeness (QED) is 0.569. The molecule has 130 valence electrons. The molecule has 0 saturated carbocycles. The highest BCUT2D eigenvalue weighted by atomic mass is 32.2. The van der Waals surface area contributed by atoms with Crippen molar-refractivity contribution in [3.8, 4) is 11.3 Å². The molecular weight excluding hydrogens is 322 g/mol. The van der Waals surface area contributed by atoms with Crippen molar-refractivity contribution >= 4 is 17.7 Å². The molecule has 1 aromatic heterocycles. The van der Waals surface area contributed by atoms with Gasteiger partial charge in [0.05, 0.1) is 12.3 Å². The number of benzene rings is 1. The fraction of sp³-hybridized carbons (Fsp3) is 0.444. The van der Waals surface area contributed by atoms with E-state index in [4.69, 9.17) is 4.98 Å². The Bertz CT molecular complexity index is 668. The van der Waals surface area contributed by atoms with Crippen LogP contribution in [-0.2, 0) is 11.3 Å². The normalized spacial score (nSPS) is 11.0. The highest BCUT2D eigenvalue weighted by Crippen LogP contribution is 2.34. The second kappa shape index (κ2) is 8.89. The number of rotatable bonds is 8. The predicted molar refractivity (Wildman–Crippen MR) is 98.2 cm³/mol. The van der Waals surface area contributed by atoms with Crippen LogP contribution in [0.5, 0.6) is 0 Å². The Morgan fingerprint density at radius 3 is 2.62 bits per heavy atom. The van der Waals surface area contributed by atoms with Crippen molar-refractivity contribution in [3.63, 3.8) is 0 Å². The van der Waals surface area contributed by atoms with E-state index in [9.17, 15) is 9.90 Å². The van der Waals surface area contributed by atoms with Crippen LogP contribution >= 0.6 is 11.8 Å². The molecule has 1 amide bonds. The molecule has 0 spiro atoms. The summed E-state index contributed by atoms with van der Waals surface area (Å²) in [5.74, 6) is 1.98. The number of carbonyl (C=O) groups is 1. The Labute approximate surface area is 147 Å². The van der Waals surface area contributed by atoms with Crippen LogP contribution in [0.2, 0.25) is 0 Å². The average molecular weight is 347 g/mol. The molecule has 0 aliphatic heterocycles. The van der Waals surface area contributed by atoms with Crippen molar-refractivity contribution in [1.29, 1.82) is 0 Å². The summed E-state index contributed by atoms with van der Waals surface area (Å²) in [5, 5.41) is 13.2. The lowest BCUT2D eigenvalue weighted by molar-refractivity contribution is -0.118. The molecule has 0 atom stereocenters. The van der Waals surface area contributed by atoms with Crippen molar-refractivity contribution in [2.75, 3.05) is 18.9 Å². The van der Waals surface area contributed by atoms with Crippen LogP contribution < -0.4 is 5.32 Å². The Kier molecular flexibility index (Phi) is 6.87. The molecule has 2 aromatic rings. The number of aliphatic hydroxyl groups is 1. The topological polar surface area (TPSA) is 67.2 Å². The maximum Gasteiger partial charge on any atom is 0.216 e. The number of aromatic nitrogens is 2. The van der Waals surface area contributed by atoms with Gasteiger partial charge in [-0.15, -0.1) is 11.8 Å². The third-order valence-electron chi connectivity index (χ3n) is 3.57. The highest BCUT2D eigenvalue weighted by molar-refractivity contribution is 7.99. The molecule has 6 heteroatoms. The van der Waals surface area contributed by atoms with E-state index in [1.54, 1.807) is 11.8 Å². The number of imidazole rings is 1. The third-order valence-corrected chi connectivity index (χ3v) is 4.53. The van der Waals surface area contributed by atoms with Crippen LogP contribution in [0.25, 0.3) is 11.3 Å². The number of nitrogens with one attached hydrogen (secondary N) is 1. The van der Waals surface area contributed by atoms with Crippen LogP contribution in [0.15, 0.2) is 35.4 Å². The number of hydrogen-bond acceptors (Lipinski definition) is 4. The first-order valence-electron chi connectivity index (χ1n) is 8.18. The number of amides is 1. The molecule has 0 saturated heterocycles. The van der Waals surface area contributed by atoms with Gasteiger partial charge in [-0.05, 0) is 0 Å². The van der Waals surface area contributed by atoms with Crippen molar-refractivity contribution in [2.45, 2.75) is 38.3 Å². The van der Waals surface area contributed by atoms with Gasteiger partial charge in [0.15, 0.2) is 0 Å². The number of hydrogen-bond donors (Lipinski definition) is 2. The Hall–Kier alpha value is -1.79. The van der Waals surface area contributed by atoms with Crippen LogP contribution in [-0.4, -0.2) is 39.5 Å². The fourth-order valence-corrected chi connectivity index (χ4v) is 3.49. The molecule has 1 heterocycles. The minimum Gasteiger partial charge on any atom is -0.395 e. The van der Waals surface area contributed by atoms with E-state index in [1.807, 2.05) is 18.2 Å². The van der Waals surface area contributed by atoms with Gasteiger partial charge >= 0.3 is 0 Å². The van der Waals surface area contributed by atoms with Crippen molar-refractivity contribution in [3.05, 3.63) is 36.2 Å². The van der Waals surface area contributed by atoms with E-state index in [2.05, 4.69) is 35.9 Å². The van der Waals surface area contributed by atoms with Crippen LogP contribution in [0.1, 0.15) is 32.5 Å². The van der Waals surface area contributed by atoms with Gasteiger partial charge in [0.25, 0.3) is 0 Å². The van der Waals surface area contributed by atoms with Crippen LogP contribution in [0.3, 0.4) is 0 Å². The van der Waals surface area contributed by atoms with Crippen molar-refractivity contribution in [1.82, 2.24) is 14.9 Å². The van der Waals surface area contributed by atoms with Gasteiger partial charge in [0.2, 0.25) is 5.91 Å². The molecule has 2 N–H and O–H groups in total. The molecule has 24 heavy (non-hydrogen) atoms. The zero-order chi connectivity index (χ0) is 17.5. The van der Waals surface area contributed by atoms with E-state index < -0.39 is 0 Å². The lowest BCUT2D eigenvalue weighted by atomic mass is 10.1. The first-order valence-corrected chi connectivity index (χ1v) is 9.17. The summed E-state index contributed by atoms with van der Waals surface area (Å²) in [6, 6.07) is 10.1. The molecule has 0 aliphatic rings. The maximum atomic E-state index is 11.0. The fourth-order valence-electron chi connectivity index (χ4n) is 2.57. The molecule has 0 radical (unpaired) electrons. The minimum atomic E-state index is -0.0208. The van der Waals surface area contributed by atoms with E-state index >= 15 is 0 Å². The zero-order valence-corrected chi connectivity index (χ0v) is 15.3. The van der Waals surface area contributed by atoms with Gasteiger partial charge in [-0.3, -0.25) is 4.79 Å². The summed E-state index contributed by atoms with van der Waals surface area (Å²) in [6.45, 7) is 6.95. The minimum absolute atomic E-state index is 0.0208. The van der Waals surface area contributed by atoms with Gasteiger partial charge in [-0.25, -0.2) is 4.98 Å². The lowest BCUT2D eigenvalue weighted by Gasteiger charge is -2.13. The van der Waals surface area contributed by atoms with E-state index in [0.29, 0.717) is 13.1 Å². The van der Waals surface area contributed by atoms with Crippen LogP contribution in [0, 0.1) is 0 Å². The molecule has 0 fully saturated rings. The lowest BCUT2D eigenvalue weighted by Crippen LogP contribution is -2.22. The smallest absolute Gasteiger partial charge is 0.216 e. The Morgan fingerprint density at radius 1 is 1.33 bits per heavy atom. The standard InChI is InChI=1S/C18H25N3O2S/c1-13(2)17-20-18(24-12-9-19-14(3)23)16(21(17)10-11-22)15-7-5-4-6-8-15/h4-8,13,22H,9-12H2,1-3H3,(H,19,23). The first kappa shape index (κ1) is 18.5. The molecule has 1 aromatic carbocycles. The van der Waals surface area contributed by atoms with Gasteiger partial charge in [0.1, 0.15) is 10.9 Å². The molecule has 2 rings (SSSR count). The monoisotopic (exact) mass is 347 g/mol. The van der Waals surface area contributed by atoms with Crippen LogP contribution in [0.4, 0.5) is 0 Å². The third kappa shape index (κ3) is 4.61. The molecule has 0 aliphatic carbocycles. The van der Waals surface area contributed by atoms with Gasteiger partial charge in [-0.2, -0.15) is 0 Å². The summed E-state index contributed by atoms with van der Waals surface area (Å²) in [5.41, 5.74) is 2.13. The largest absolute Gasteiger partial charge is 0.395 e. The second-order valence-corrected chi connectivity index (χ2v) is 6.93. The summed E-state index contributed by atoms with van der Waals surface area (Å²) >= 11 is 1.63. The molecular formula is C18H25N3O2S. The van der Waals surface area contributed by atoms with E-state index in [0.717, 1.165) is 27.9 Å². The number of carbonyl (C=O) groups excluding carboxylic acids is 1. The first-order chi connectivity index (χ1) is 11.5. The van der Waals surface area contributed by atoms with Crippen molar-refractivity contribution < 1.29 is 9.90 Å². The number of nitrogens with zero attached hydrogens (tertiary/aromatic N) is 2. The Balaban J connectivity index is 2.37. The van der Waals surface area contributed by atoms with Gasteiger partial charge < -0.3 is 15.0 Å².